The van der Waals surface area contributed by atoms with Crippen LogP contribution in [-0.2, 0) is 14.3 Å². The number of allylic oxidation sites excluding steroid dienone is 1. The Labute approximate surface area is 194 Å². The average Bonchev–Trinajstić information content (AvgIpc) is 2.89. The number of rotatable bonds is 8. The lowest BCUT2D eigenvalue weighted by Crippen LogP contribution is -2.51. The van der Waals surface area contributed by atoms with Crippen LogP contribution in [0.3, 0.4) is 0 Å². The second-order valence-electron chi connectivity index (χ2n) is 11.5. The lowest BCUT2D eigenvalue weighted by molar-refractivity contribution is -0.131. The predicted octanol–water partition coefficient (Wildman–Crippen LogP) is 6.39. The molecule has 184 valence electrons. The van der Waals surface area contributed by atoms with Crippen molar-refractivity contribution in [1.82, 2.24) is 4.90 Å². The Hall–Kier alpha value is -1.56. The van der Waals surface area contributed by atoms with Gasteiger partial charge in [-0.1, -0.05) is 52.0 Å². The van der Waals surface area contributed by atoms with Gasteiger partial charge >= 0.3 is 12.1 Å². The van der Waals surface area contributed by atoms with Crippen molar-refractivity contribution in [2.24, 2.45) is 17.8 Å². The molecule has 6 nitrogen and oxygen atoms in total. The Morgan fingerprint density at radius 1 is 1.19 bits per heavy atom. The number of carboxylic acid groups (broad SMARTS) is 1. The van der Waals surface area contributed by atoms with Crippen LogP contribution < -0.4 is 0 Å². The van der Waals surface area contributed by atoms with E-state index in [1.165, 1.54) is 38.2 Å². The van der Waals surface area contributed by atoms with Crippen LogP contribution in [0.2, 0.25) is 0 Å². The van der Waals surface area contributed by atoms with Gasteiger partial charge in [0, 0.05) is 6.08 Å². The Kier molecular flexibility index (Phi) is 9.21. The third-order valence-corrected chi connectivity index (χ3v) is 6.85. The summed E-state index contributed by atoms with van der Waals surface area (Å²) in [5.74, 6) is 0.338. The first-order valence-electron chi connectivity index (χ1n) is 12.4. The first-order chi connectivity index (χ1) is 14.8. The fraction of sp³-hybridized carbons (Fsp3) is 0.846. The molecule has 1 heterocycles. The molecule has 0 aromatic rings. The maximum atomic E-state index is 13.3. The minimum atomic E-state index is -0.919. The molecular weight excluding hydrogens is 406 g/mol. The minimum absolute atomic E-state index is 0.0346. The van der Waals surface area contributed by atoms with Gasteiger partial charge in [-0.05, 0) is 71.6 Å². The maximum Gasteiger partial charge on any atom is 0.412 e. The van der Waals surface area contributed by atoms with Crippen molar-refractivity contribution >= 4 is 12.1 Å². The third kappa shape index (κ3) is 7.79. The lowest BCUT2D eigenvalue weighted by atomic mass is 9.80. The highest BCUT2D eigenvalue weighted by Gasteiger charge is 2.51. The topological polar surface area (TPSA) is 76.1 Å². The zero-order chi connectivity index (χ0) is 24.1. The molecule has 0 spiro atoms. The van der Waals surface area contributed by atoms with E-state index in [-0.39, 0.29) is 24.2 Å². The summed E-state index contributed by atoms with van der Waals surface area (Å²) in [6.07, 6.45) is 11.2. The highest BCUT2D eigenvalue weighted by atomic mass is 16.6. The Bertz CT molecular complexity index is 658. The molecule has 0 unspecified atom stereocenters. The monoisotopic (exact) mass is 451 g/mol. The molecule has 3 atom stereocenters. The number of amides is 1. The molecule has 1 aliphatic carbocycles. The van der Waals surface area contributed by atoms with E-state index in [2.05, 4.69) is 13.8 Å². The van der Waals surface area contributed by atoms with Crippen LogP contribution >= 0.6 is 0 Å². The zero-order valence-electron chi connectivity index (χ0n) is 21.2. The van der Waals surface area contributed by atoms with Gasteiger partial charge < -0.3 is 14.6 Å². The first-order valence-corrected chi connectivity index (χ1v) is 12.4. The second kappa shape index (κ2) is 11.0. The molecule has 6 heteroatoms. The summed E-state index contributed by atoms with van der Waals surface area (Å²) in [6.45, 7) is 13.9. The fourth-order valence-corrected chi connectivity index (χ4v) is 5.25. The van der Waals surface area contributed by atoms with Gasteiger partial charge in [0.15, 0.2) is 0 Å². The zero-order valence-corrected chi connectivity index (χ0v) is 21.2. The van der Waals surface area contributed by atoms with Gasteiger partial charge in [-0.15, -0.1) is 0 Å². The van der Waals surface area contributed by atoms with Crippen LogP contribution in [0.5, 0.6) is 0 Å². The number of nitrogens with zero attached hydrogens (tertiary/aromatic N) is 1. The normalized spacial score (nSPS) is 25.4. The fourth-order valence-electron chi connectivity index (χ4n) is 5.25. The third-order valence-electron chi connectivity index (χ3n) is 6.85. The standard InChI is InChI=1S/C26H45NO5/c1-18(2)20(14-11-15-23(28)29)17-22-21(16-19-12-9-8-10-13-19)27(26(6,7)31-22)24(30)32-25(3,4)5/h11,15,18-22H,8-10,12-14,16-17H2,1-7H3,(H,28,29)/t20-,21-,22-/m0/s1. The predicted molar refractivity (Wildman–Crippen MR) is 126 cm³/mol. The number of ether oxygens (including phenoxy) is 2. The summed E-state index contributed by atoms with van der Waals surface area (Å²) in [5.41, 5.74) is -1.31. The molecule has 1 saturated heterocycles. The number of carbonyl (C=O) groups is 2. The van der Waals surface area contributed by atoms with Crippen molar-refractivity contribution in [3.8, 4) is 0 Å². The maximum absolute atomic E-state index is 13.3. The van der Waals surface area contributed by atoms with E-state index in [0.29, 0.717) is 18.3 Å². The summed E-state index contributed by atoms with van der Waals surface area (Å²) in [4.78, 5) is 26.1. The van der Waals surface area contributed by atoms with E-state index in [1.807, 2.05) is 39.5 Å². The Morgan fingerprint density at radius 2 is 1.81 bits per heavy atom. The van der Waals surface area contributed by atoms with Gasteiger partial charge in [-0.3, -0.25) is 4.90 Å². The summed E-state index contributed by atoms with van der Waals surface area (Å²) < 4.78 is 12.3. The van der Waals surface area contributed by atoms with Gasteiger partial charge in [-0.2, -0.15) is 0 Å². The van der Waals surface area contributed by atoms with Crippen LogP contribution in [0.15, 0.2) is 12.2 Å². The van der Waals surface area contributed by atoms with Crippen molar-refractivity contribution in [3.63, 3.8) is 0 Å². The molecule has 2 rings (SSSR count). The number of aliphatic carboxylic acids is 1. The molecule has 32 heavy (non-hydrogen) atoms. The largest absolute Gasteiger partial charge is 0.478 e. The Balaban J connectivity index is 2.27. The number of hydrogen-bond donors (Lipinski definition) is 1. The first kappa shape index (κ1) is 26.7. The van der Waals surface area contributed by atoms with E-state index < -0.39 is 17.3 Å². The highest BCUT2D eigenvalue weighted by molar-refractivity contribution is 5.79. The van der Waals surface area contributed by atoms with Crippen LogP contribution in [-0.4, -0.2) is 45.5 Å². The van der Waals surface area contributed by atoms with Gasteiger partial charge in [0.05, 0.1) is 12.1 Å². The SMILES string of the molecule is CC(C)[C@@H](CC=CC(=O)O)C[C@@H]1OC(C)(C)N(C(=O)OC(C)(C)C)[C@H]1CC1CCCCC1. The molecule has 0 radical (unpaired) electrons. The second-order valence-corrected chi connectivity index (χ2v) is 11.5. The lowest BCUT2D eigenvalue weighted by Gasteiger charge is -2.37. The van der Waals surface area contributed by atoms with Crippen molar-refractivity contribution in [1.29, 1.82) is 0 Å². The summed E-state index contributed by atoms with van der Waals surface area (Å²) in [6, 6.07) is -0.0346. The smallest absolute Gasteiger partial charge is 0.412 e. The summed E-state index contributed by atoms with van der Waals surface area (Å²) in [7, 11) is 0. The van der Waals surface area contributed by atoms with Gasteiger partial charge in [0.2, 0.25) is 0 Å². The molecule has 0 bridgehead atoms. The molecule has 0 aromatic carbocycles. The minimum Gasteiger partial charge on any atom is -0.478 e. The molecule has 2 aliphatic rings. The van der Waals surface area contributed by atoms with E-state index in [1.54, 1.807) is 6.08 Å². The van der Waals surface area contributed by atoms with Gasteiger partial charge in [0.25, 0.3) is 0 Å². The van der Waals surface area contributed by atoms with Crippen LogP contribution in [0, 0.1) is 17.8 Å². The van der Waals surface area contributed by atoms with E-state index in [9.17, 15) is 9.59 Å². The Morgan fingerprint density at radius 3 is 2.34 bits per heavy atom. The van der Waals surface area contributed by atoms with Crippen molar-refractivity contribution in [2.75, 3.05) is 0 Å². The molecule has 0 aromatic heterocycles. The molecule has 1 N–H and O–H groups in total. The van der Waals surface area contributed by atoms with Crippen molar-refractivity contribution in [3.05, 3.63) is 12.2 Å². The van der Waals surface area contributed by atoms with Crippen LogP contribution in [0.25, 0.3) is 0 Å². The number of carbonyl (C=O) groups excluding carboxylic acids is 1. The van der Waals surface area contributed by atoms with Crippen LogP contribution in [0.1, 0.15) is 99.8 Å². The van der Waals surface area contributed by atoms with E-state index in [0.717, 1.165) is 12.8 Å². The summed E-state index contributed by atoms with van der Waals surface area (Å²) in [5, 5.41) is 8.96. The van der Waals surface area contributed by atoms with Gasteiger partial charge in [-0.25, -0.2) is 9.59 Å². The summed E-state index contributed by atoms with van der Waals surface area (Å²) >= 11 is 0. The van der Waals surface area contributed by atoms with E-state index in [4.69, 9.17) is 14.6 Å². The van der Waals surface area contributed by atoms with Gasteiger partial charge in [0.1, 0.15) is 11.3 Å². The molecule has 1 saturated carbocycles. The molecular formula is C26H45NO5. The average molecular weight is 452 g/mol. The van der Waals surface area contributed by atoms with Crippen molar-refractivity contribution < 1.29 is 24.2 Å². The highest BCUT2D eigenvalue weighted by Crippen LogP contribution is 2.42. The molecule has 1 aliphatic heterocycles. The number of hydrogen-bond acceptors (Lipinski definition) is 4. The molecule has 1 amide bonds. The van der Waals surface area contributed by atoms with Crippen LogP contribution in [0.4, 0.5) is 4.79 Å². The van der Waals surface area contributed by atoms with Crippen molar-refractivity contribution in [2.45, 2.75) is 123 Å². The quantitative estimate of drug-likeness (QED) is 0.433. The number of carboxylic acids is 1. The van der Waals surface area contributed by atoms with E-state index >= 15 is 0 Å². The molecule has 2 fully saturated rings.